The Kier molecular flexibility index (Phi) is 49.6. The van der Waals surface area contributed by atoms with Crippen molar-refractivity contribution in [2.45, 2.75) is 283 Å². The van der Waals surface area contributed by atoms with Gasteiger partial charge in [0.1, 0.15) is 0 Å². The summed E-state index contributed by atoms with van der Waals surface area (Å²) in [6, 6.07) is -0.639. The third kappa shape index (κ3) is 47.3. The fourth-order valence-electron chi connectivity index (χ4n) is 7.89. The second kappa shape index (κ2) is 51.5. The summed E-state index contributed by atoms with van der Waals surface area (Å²) in [5.74, 6) is -0.107. The van der Waals surface area contributed by atoms with Crippen LogP contribution in [0.1, 0.15) is 271 Å². The minimum Gasteiger partial charge on any atom is -0.466 e. The standard InChI is InChI=1S/C56H103NO5/c1-3-5-7-9-11-13-15-16-17-19-23-26-30-34-38-42-46-50-56(61)62-51-47-43-39-35-31-27-24-21-18-20-22-25-29-33-37-41-45-49-55(60)57-53(52-58)54(59)48-44-40-36-32-28-14-12-10-8-6-4-2/h16-18,21,27,31,44,48,53-54,58-59H,3-15,19-20,22-26,28-30,32-43,45-47,49-52H2,1-2H3,(H,57,60)/b17-16-,21-18-,31-27-,48-44+. The molecule has 0 aliphatic rings. The first kappa shape index (κ1) is 59.8. The molecule has 0 fully saturated rings. The summed E-state index contributed by atoms with van der Waals surface area (Å²) in [5, 5.41) is 23.0. The molecule has 2 unspecified atom stereocenters. The maximum atomic E-state index is 12.4. The Morgan fingerprint density at radius 2 is 0.806 bits per heavy atom. The van der Waals surface area contributed by atoms with Crippen LogP contribution in [-0.4, -0.2) is 47.4 Å². The van der Waals surface area contributed by atoms with E-state index in [4.69, 9.17) is 4.74 Å². The number of carbonyl (C=O) groups is 2. The highest BCUT2D eigenvalue weighted by Gasteiger charge is 2.18. The lowest BCUT2D eigenvalue weighted by Gasteiger charge is -2.20. The van der Waals surface area contributed by atoms with Crippen molar-refractivity contribution < 1.29 is 24.5 Å². The summed E-state index contributed by atoms with van der Waals surface area (Å²) in [5.41, 5.74) is 0. The predicted molar refractivity (Wildman–Crippen MR) is 269 cm³/mol. The Bertz CT molecular complexity index is 1050. The lowest BCUT2D eigenvalue weighted by Crippen LogP contribution is -2.45. The van der Waals surface area contributed by atoms with Crippen molar-refractivity contribution in [2.75, 3.05) is 13.2 Å². The van der Waals surface area contributed by atoms with E-state index in [2.05, 4.69) is 55.6 Å². The first-order valence-corrected chi connectivity index (χ1v) is 26.9. The highest BCUT2D eigenvalue weighted by molar-refractivity contribution is 5.76. The van der Waals surface area contributed by atoms with Crippen molar-refractivity contribution in [3.63, 3.8) is 0 Å². The molecule has 0 heterocycles. The van der Waals surface area contributed by atoms with Crippen molar-refractivity contribution in [1.82, 2.24) is 5.32 Å². The fraction of sp³-hybridized carbons (Fsp3) is 0.821. The van der Waals surface area contributed by atoms with Crippen LogP contribution in [-0.2, 0) is 14.3 Å². The number of carbonyl (C=O) groups excluding carboxylic acids is 2. The average Bonchev–Trinajstić information content (AvgIpc) is 3.27. The number of aliphatic hydroxyl groups is 2. The molecule has 6 nitrogen and oxygen atoms in total. The fourth-order valence-corrected chi connectivity index (χ4v) is 7.89. The van der Waals surface area contributed by atoms with Crippen LogP contribution in [0, 0.1) is 0 Å². The normalized spacial score (nSPS) is 13.0. The van der Waals surface area contributed by atoms with Gasteiger partial charge in [-0.15, -0.1) is 0 Å². The monoisotopic (exact) mass is 870 g/mol. The molecule has 0 radical (unpaired) electrons. The zero-order valence-corrected chi connectivity index (χ0v) is 41.1. The molecule has 0 rings (SSSR count). The number of nitrogens with one attached hydrogen (secondary N) is 1. The predicted octanol–water partition coefficient (Wildman–Crippen LogP) is 16.2. The SMILES string of the molecule is CCCCCCCC/C=C\CCCCCCCCCC(=O)OCCCCC/C=C\C/C=C\CCCCCCCCCC(=O)NC(CO)C(O)/C=C/CCCCCCCCCCC. The maximum absolute atomic E-state index is 12.4. The highest BCUT2D eigenvalue weighted by Crippen LogP contribution is 2.14. The number of unbranched alkanes of at least 4 members (excludes halogenated alkanes) is 32. The first-order valence-electron chi connectivity index (χ1n) is 26.9. The van der Waals surface area contributed by atoms with E-state index < -0.39 is 12.1 Å². The molecule has 0 aromatic carbocycles. The van der Waals surface area contributed by atoms with E-state index in [1.54, 1.807) is 6.08 Å². The Morgan fingerprint density at radius 3 is 1.24 bits per heavy atom. The molecular weight excluding hydrogens is 767 g/mol. The molecule has 3 N–H and O–H groups in total. The van der Waals surface area contributed by atoms with E-state index in [0.29, 0.717) is 19.4 Å². The average molecular weight is 870 g/mol. The molecule has 0 bridgehead atoms. The van der Waals surface area contributed by atoms with Crippen LogP contribution in [0.5, 0.6) is 0 Å². The first-order chi connectivity index (χ1) is 30.5. The van der Waals surface area contributed by atoms with Gasteiger partial charge in [0, 0.05) is 12.8 Å². The topological polar surface area (TPSA) is 95.9 Å². The molecule has 0 aromatic heterocycles. The molecule has 0 aliphatic heterocycles. The molecule has 0 aliphatic carbocycles. The van der Waals surface area contributed by atoms with Gasteiger partial charge in [-0.25, -0.2) is 0 Å². The maximum Gasteiger partial charge on any atom is 0.305 e. The third-order valence-electron chi connectivity index (χ3n) is 12.1. The number of ether oxygens (including phenoxy) is 1. The van der Waals surface area contributed by atoms with Crippen LogP contribution < -0.4 is 5.32 Å². The van der Waals surface area contributed by atoms with E-state index in [-0.39, 0.29) is 18.5 Å². The van der Waals surface area contributed by atoms with E-state index in [1.165, 1.54) is 161 Å². The molecule has 62 heavy (non-hydrogen) atoms. The van der Waals surface area contributed by atoms with Crippen LogP contribution in [0.15, 0.2) is 48.6 Å². The highest BCUT2D eigenvalue weighted by atomic mass is 16.5. The number of esters is 1. The lowest BCUT2D eigenvalue weighted by atomic mass is 10.1. The van der Waals surface area contributed by atoms with Gasteiger partial charge < -0.3 is 20.3 Å². The molecule has 6 heteroatoms. The van der Waals surface area contributed by atoms with Crippen molar-refractivity contribution >= 4 is 11.9 Å². The van der Waals surface area contributed by atoms with Gasteiger partial charge in [-0.3, -0.25) is 9.59 Å². The smallest absolute Gasteiger partial charge is 0.305 e. The zero-order chi connectivity index (χ0) is 45.1. The van der Waals surface area contributed by atoms with Crippen LogP contribution in [0.4, 0.5) is 0 Å². The largest absolute Gasteiger partial charge is 0.466 e. The van der Waals surface area contributed by atoms with Gasteiger partial charge in [0.15, 0.2) is 0 Å². The van der Waals surface area contributed by atoms with Gasteiger partial charge in [0.2, 0.25) is 5.91 Å². The number of allylic oxidation sites excluding steroid dienone is 7. The minimum atomic E-state index is -0.854. The van der Waals surface area contributed by atoms with Crippen molar-refractivity contribution in [3.05, 3.63) is 48.6 Å². The quantitative estimate of drug-likeness (QED) is 0.0322. The van der Waals surface area contributed by atoms with Crippen LogP contribution in [0.3, 0.4) is 0 Å². The van der Waals surface area contributed by atoms with Gasteiger partial charge >= 0.3 is 5.97 Å². The molecule has 0 aromatic rings. The van der Waals surface area contributed by atoms with E-state index in [0.717, 1.165) is 83.5 Å². The lowest BCUT2D eigenvalue weighted by molar-refractivity contribution is -0.143. The molecular formula is C56H103NO5. The van der Waals surface area contributed by atoms with E-state index >= 15 is 0 Å². The van der Waals surface area contributed by atoms with Gasteiger partial charge in [0.05, 0.1) is 25.4 Å². The summed E-state index contributed by atoms with van der Waals surface area (Å²) in [6.45, 7) is 4.83. The van der Waals surface area contributed by atoms with Gasteiger partial charge in [0.25, 0.3) is 0 Å². The Morgan fingerprint density at radius 1 is 0.452 bits per heavy atom. The molecule has 0 spiro atoms. The third-order valence-corrected chi connectivity index (χ3v) is 12.1. The van der Waals surface area contributed by atoms with Crippen molar-refractivity contribution in [2.24, 2.45) is 0 Å². The van der Waals surface area contributed by atoms with Crippen molar-refractivity contribution in [1.29, 1.82) is 0 Å². The summed E-state index contributed by atoms with van der Waals surface area (Å²) in [4.78, 5) is 24.4. The Balaban J connectivity index is 3.51. The van der Waals surface area contributed by atoms with Crippen LogP contribution >= 0.6 is 0 Å². The second-order valence-corrected chi connectivity index (χ2v) is 18.2. The summed E-state index contributed by atoms with van der Waals surface area (Å²) in [7, 11) is 0. The van der Waals surface area contributed by atoms with Gasteiger partial charge in [-0.2, -0.15) is 0 Å². The molecule has 2 atom stereocenters. The molecule has 0 saturated heterocycles. The minimum absolute atomic E-state index is 0.0207. The van der Waals surface area contributed by atoms with Gasteiger partial charge in [-0.1, -0.05) is 210 Å². The molecule has 362 valence electrons. The second-order valence-electron chi connectivity index (χ2n) is 18.2. The molecule has 0 saturated carbocycles. The summed E-state index contributed by atoms with van der Waals surface area (Å²) in [6.07, 6.45) is 64.1. The van der Waals surface area contributed by atoms with E-state index in [9.17, 15) is 19.8 Å². The summed E-state index contributed by atoms with van der Waals surface area (Å²) < 4.78 is 5.45. The Hall–Kier alpha value is -2.18. The number of rotatable bonds is 49. The summed E-state index contributed by atoms with van der Waals surface area (Å²) >= 11 is 0. The van der Waals surface area contributed by atoms with Gasteiger partial charge in [-0.05, 0) is 96.3 Å². The van der Waals surface area contributed by atoms with E-state index in [1.807, 2.05) is 6.08 Å². The zero-order valence-electron chi connectivity index (χ0n) is 41.1. The number of amides is 1. The Labute approximate surface area is 385 Å². The van der Waals surface area contributed by atoms with Crippen LogP contribution in [0.25, 0.3) is 0 Å². The molecule has 1 amide bonds. The number of hydrogen-bond acceptors (Lipinski definition) is 5. The van der Waals surface area contributed by atoms with Crippen LogP contribution in [0.2, 0.25) is 0 Å². The number of aliphatic hydroxyl groups excluding tert-OH is 2. The number of hydrogen-bond donors (Lipinski definition) is 3. The van der Waals surface area contributed by atoms with Crippen molar-refractivity contribution in [3.8, 4) is 0 Å².